The van der Waals surface area contributed by atoms with Crippen LogP contribution in [0, 0.1) is 0 Å². The topological polar surface area (TPSA) is 192 Å². The lowest BCUT2D eigenvalue weighted by Crippen LogP contribution is -2.50. The first kappa shape index (κ1) is 38.9. The summed E-state index contributed by atoms with van der Waals surface area (Å²) in [7, 11) is 0. The molecular weight excluding hydrogens is 703 g/mol. The molecule has 4 aromatic carbocycles. The van der Waals surface area contributed by atoms with Crippen molar-refractivity contribution in [2.75, 3.05) is 19.7 Å². The Morgan fingerprint density at radius 1 is 0.765 bits per heavy atom. The molecule has 268 valence electrons. The minimum atomic E-state index is -1.86. The molecule has 1 amide bonds. The van der Waals surface area contributed by atoms with Crippen LogP contribution in [0.1, 0.15) is 18.1 Å². The zero-order valence-corrected chi connectivity index (χ0v) is 28.9. The van der Waals surface area contributed by atoms with E-state index in [1.54, 1.807) is 61.5 Å². The van der Waals surface area contributed by atoms with Crippen LogP contribution in [0.2, 0.25) is 10.0 Å². The van der Waals surface area contributed by atoms with Gasteiger partial charge in [-0.1, -0.05) is 83.9 Å². The molecule has 15 heteroatoms. The Hall–Kier alpha value is -4.86. The number of carboxylic acid groups (broad SMARTS) is 1. The van der Waals surface area contributed by atoms with E-state index in [0.29, 0.717) is 21.7 Å². The Labute approximate surface area is 303 Å². The first-order chi connectivity index (χ1) is 24.3. The number of esters is 2. The number of aliphatic hydroxyl groups is 2. The highest BCUT2D eigenvalue weighted by Gasteiger charge is 2.24. The summed E-state index contributed by atoms with van der Waals surface area (Å²) >= 11 is 12.4. The van der Waals surface area contributed by atoms with Gasteiger partial charge in [0.15, 0.2) is 12.2 Å². The van der Waals surface area contributed by atoms with Crippen molar-refractivity contribution in [2.24, 2.45) is 5.84 Å². The van der Waals surface area contributed by atoms with E-state index < -0.39 is 42.6 Å². The molecule has 4 rings (SSSR count). The number of nitrogens with zero attached hydrogens (tertiary/aromatic N) is 2. The van der Waals surface area contributed by atoms with Crippen LogP contribution in [-0.2, 0) is 37.0 Å². The van der Waals surface area contributed by atoms with Gasteiger partial charge in [-0.25, -0.2) is 24.4 Å². The fourth-order valence-electron chi connectivity index (χ4n) is 4.90. The Bertz CT molecular complexity index is 1840. The molecule has 0 heterocycles. The minimum absolute atomic E-state index is 0.0310. The van der Waals surface area contributed by atoms with Gasteiger partial charge >= 0.3 is 23.8 Å². The van der Waals surface area contributed by atoms with Gasteiger partial charge in [-0.2, -0.15) is 0 Å². The third-order valence-electron chi connectivity index (χ3n) is 7.33. The second-order valence-electron chi connectivity index (χ2n) is 11.3. The summed E-state index contributed by atoms with van der Waals surface area (Å²) in [5.41, 5.74) is 6.74. The number of nitrogens with one attached hydrogen (secondary N) is 1. The Morgan fingerprint density at radius 3 is 1.98 bits per heavy atom. The fraction of sp³-hybridized carbons (Fsp3) is 0.222. The predicted octanol–water partition coefficient (Wildman–Crippen LogP) is 3.81. The molecule has 0 radical (unpaired) electrons. The Kier molecular flexibility index (Phi) is 14.0. The van der Waals surface area contributed by atoms with Crippen molar-refractivity contribution in [1.82, 2.24) is 15.4 Å². The van der Waals surface area contributed by atoms with Gasteiger partial charge in [0, 0.05) is 23.1 Å². The van der Waals surface area contributed by atoms with Crippen LogP contribution in [0.3, 0.4) is 0 Å². The number of hydrogen-bond acceptors (Lipinski definition) is 11. The number of benzene rings is 4. The molecule has 51 heavy (non-hydrogen) atoms. The summed E-state index contributed by atoms with van der Waals surface area (Å²) < 4.78 is 10.1. The second kappa shape index (κ2) is 18.4. The fourth-order valence-corrected chi connectivity index (χ4v) is 5.31. The molecule has 0 aliphatic heterocycles. The van der Waals surface area contributed by atoms with Gasteiger partial charge in [0.05, 0.1) is 19.7 Å². The number of rotatable bonds is 15. The van der Waals surface area contributed by atoms with Crippen molar-refractivity contribution in [3.8, 4) is 28.0 Å². The number of ether oxygens (including phenoxy) is 2. The number of aliphatic hydroxyl groups excluding tert-OH is 2. The summed E-state index contributed by atoms with van der Waals surface area (Å²) in [6.45, 7) is 1.28. The average Bonchev–Trinajstić information content (AvgIpc) is 3.08. The molecule has 0 saturated carbocycles. The lowest BCUT2D eigenvalue weighted by molar-refractivity contribution is -0.154. The third kappa shape index (κ3) is 11.9. The monoisotopic (exact) mass is 738 g/mol. The molecule has 4 aromatic rings. The zero-order chi connectivity index (χ0) is 37.1. The van der Waals surface area contributed by atoms with Crippen LogP contribution in [0.5, 0.6) is 5.75 Å². The van der Waals surface area contributed by atoms with Crippen LogP contribution >= 0.6 is 23.2 Å². The first-order valence-electron chi connectivity index (χ1n) is 15.6. The number of nitrogens with two attached hydrogens (primary N) is 1. The van der Waals surface area contributed by atoms with Gasteiger partial charge in [0.25, 0.3) is 0 Å². The van der Waals surface area contributed by atoms with Crippen LogP contribution in [0.4, 0.5) is 0 Å². The number of hydrogen-bond donors (Lipinski definition) is 5. The van der Waals surface area contributed by atoms with E-state index in [1.165, 1.54) is 17.1 Å². The number of carbonyl (C=O) groups excluding carboxylic acids is 3. The lowest BCUT2D eigenvalue weighted by atomic mass is 10.0. The number of amides is 1. The number of halogens is 2. The van der Waals surface area contributed by atoms with Crippen LogP contribution in [-0.4, -0.2) is 81.1 Å². The summed E-state index contributed by atoms with van der Waals surface area (Å²) in [6, 6.07) is 26.0. The quantitative estimate of drug-likeness (QED) is 0.0390. The maximum absolute atomic E-state index is 12.9. The molecule has 0 aliphatic rings. The van der Waals surface area contributed by atoms with E-state index >= 15 is 0 Å². The molecule has 0 spiro atoms. The number of aliphatic carboxylic acids is 1. The molecule has 0 aliphatic carbocycles. The van der Waals surface area contributed by atoms with Crippen LogP contribution in [0.25, 0.3) is 22.3 Å². The molecule has 0 saturated heterocycles. The van der Waals surface area contributed by atoms with Gasteiger partial charge in [-0.3, -0.25) is 16.1 Å². The summed E-state index contributed by atoms with van der Waals surface area (Å²) in [6.07, 6.45) is -3.25. The van der Waals surface area contributed by atoms with Gasteiger partial charge in [0.2, 0.25) is 0 Å². The van der Waals surface area contributed by atoms with Gasteiger partial charge in [-0.05, 0) is 70.6 Å². The maximum atomic E-state index is 12.9. The second-order valence-corrected chi connectivity index (χ2v) is 12.2. The van der Waals surface area contributed by atoms with Crippen molar-refractivity contribution in [2.45, 2.75) is 32.2 Å². The Balaban J connectivity index is 1.40. The van der Waals surface area contributed by atoms with Crippen LogP contribution in [0.15, 0.2) is 91.0 Å². The highest BCUT2D eigenvalue weighted by atomic mass is 35.5. The molecular formula is C36H36Cl2N4O9. The van der Waals surface area contributed by atoms with E-state index in [9.17, 15) is 34.5 Å². The van der Waals surface area contributed by atoms with Crippen molar-refractivity contribution >= 4 is 47.0 Å². The van der Waals surface area contributed by atoms with Crippen molar-refractivity contribution < 1.29 is 44.0 Å². The normalized spacial score (nSPS) is 12.3. The van der Waals surface area contributed by atoms with Gasteiger partial charge in [-0.15, -0.1) is 0 Å². The summed E-state index contributed by atoms with van der Waals surface area (Å²) in [4.78, 5) is 48.8. The average molecular weight is 740 g/mol. The molecule has 13 nitrogen and oxygen atoms in total. The maximum Gasteiger partial charge on any atom is 0.403 e. The summed E-state index contributed by atoms with van der Waals surface area (Å²) in [5, 5.41) is 32.4. The van der Waals surface area contributed by atoms with Crippen molar-refractivity contribution in [1.29, 1.82) is 0 Å². The minimum Gasteiger partial charge on any atom is -0.479 e. The highest BCUT2D eigenvalue weighted by Crippen LogP contribution is 2.29. The first-order valence-corrected chi connectivity index (χ1v) is 16.3. The molecule has 6 N–H and O–H groups in total. The predicted molar refractivity (Wildman–Crippen MR) is 189 cm³/mol. The van der Waals surface area contributed by atoms with E-state index in [-0.39, 0.29) is 37.0 Å². The van der Waals surface area contributed by atoms with Gasteiger partial charge in [0.1, 0.15) is 5.75 Å². The summed E-state index contributed by atoms with van der Waals surface area (Å²) in [5.74, 6) is 1.13. The number of carboxylic acids is 1. The molecule has 0 unspecified atom stereocenters. The third-order valence-corrected chi connectivity index (χ3v) is 7.78. The molecule has 0 bridgehead atoms. The lowest BCUT2D eigenvalue weighted by Gasteiger charge is -2.24. The van der Waals surface area contributed by atoms with Gasteiger partial charge < -0.3 is 24.8 Å². The van der Waals surface area contributed by atoms with Crippen LogP contribution < -0.4 is 16.0 Å². The smallest absolute Gasteiger partial charge is 0.403 e. The number of hydrazine groups is 2. The van der Waals surface area contributed by atoms with Crippen molar-refractivity contribution in [3.63, 3.8) is 0 Å². The SMILES string of the molecule is CCOC(=O)[C@H](O)CN(N)Cc1ccc(-c2cc(Cl)cc(OC(=O)C(=O)NN(Cc3ccc(-c4cccc(Cl)c4)cc3)C[C@@H](O)C(=O)O)c2)cc1. The largest absolute Gasteiger partial charge is 0.479 e. The van der Waals surface area contributed by atoms with E-state index in [0.717, 1.165) is 21.7 Å². The molecule has 0 aromatic heterocycles. The molecule has 2 atom stereocenters. The van der Waals surface area contributed by atoms with E-state index in [2.05, 4.69) is 5.43 Å². The van der Waals surface area contributed by atoms with E-state index in [4.69, 9.17) is 38.5 Å². The number of carbonyl (C=O) groups is 4. The highest BCUT2D eigenvalue weighted by molar-refractivity contribution is 6.33. The molecule has 0 fully saturated rings. The van der Waals surface area contributed by atoms with E-state index in [1.807, 2.05) is 24.3 Å². The standard InChI is InChI=1S/C36H36Cl2N4O9/c1-2-50-35(48)32(44)20-41(39)18-22-6-12-25(13-7-22)27-15-29(38)17-30(16-27)51-36(49)33(45)40-42(21-31(43)34(46)47)19-23-8-10-24(11-9-23)26-4-3-5-28(37)14-26/h3-17,31-32,43-44H,2,18-21,39H2,1H3,(H,40,45)(H,46,47)/t31-,32-/m1/s1. The Morgan fingerprint density at radius 2 is 1.37 bits per heavy atom. The zero-order valence-electron chi connectivity index (χ0n) is 27.4. The van der Waals surface area contributed by atoms with Crippen molar-refractivity contribution in [3.05, 3.63) is 112 Å².